The number of ether oxygens (including phenoxy) is 2. The number of benzene rings is 2. The first-order valence-corrected chi connectivity index (χ1v) is 6.87. The van der Waals surface area contributed by atoms with Crippen molar-refractivity contribution >= 4 is 15.9 Å². The van der Waals surface area contributed by atoms with E-state index in [1.54, 1.807) is 25.3 Å². The first kappa shape index (κ1) is 14.8. The lowest BCUT2D eigenvalue weighted by atomic mass is 10.1. The Morgan fingerprint density at radius 1 is 1.15 bits per heavy atom. The third-order valence-corrected chi connectivity index (χ3v) is 3.53. The molecule has 0 spiro atoms. The summed E-state index contributed by atoms with van der Waals surface area (Å²) in [6.07, 6.45) is 0. The van der Waals surface area contributed by atoms with Gasteiger partial charge in [-0.3, -0.25) is 0 Å². The van der Waals surface area contributed by atoms with E-state index in [-0.39, 0.29) is 12.4 Å². The first-order chi connectivity index (χ1) is 9.63. The van der Waals surface area contributed by atoms with Gasteiger partial charge in [-0.15, -0.1) is 0 Å². The average Bonchev–Trinajstić information content (AvgIpc) is 2.46. The van der Waals surface area contributed by atoms with Crippen LogP contribution < -0.4 is 15.2 Å². The van der Waals surface area contributed by atoms with Gasteiger partial charge in [-0.05, 0) is 57.4 Å². The molecule has 0 saturated carbocycles. The van der Waals surface area contributed by atoms with Crippen molar-refractivity contribution in [1.82, 2.24) is 0 Å². The van der Waals surface area contributed by atoms with E-state index in [2.05, 4.69) is 15.9 Å². The Hall–Kier alpha value is -1.59. The van der Waals surface area contributed by atoms with Crippen LogP contribution in [0.25, 0.3) is 0 Å². The average molecular weight is 340 g/mol. The molecule has 0 bridgehead atoms. The van der Waals surface area contributed by atoms with Crippen LogP contribution in [0.15, 0.2) is 40.9 Å². The van der Waals surface area contributed by atoms with Crippen molar-refractivity contribution in [1.29, 1.82) is 0 Å². The summed E-state index contributed by atoms with van der Waals surface area (Å²) >= 11 is 3.41. The fourth-order valence-electron chi connectivity index (χ4n) is 1.81. The van der Waals surface area contributed by atoms with Gasteiger partial charge in [-0.25, -0.2) is 4.39 Å². The van der Waals surface area contributed by atoms with Crippen molar-refractivity contribution < 1.29 is 13.9 Å². The highest BCUT2D eigenvalue weighted by atomic mass is 79.9. The second kappa shape index (κ2) is 6.72. The molecule has 2 aromatic rings. The molecule has 106 valence electrons. The van der Waals surface area contributed by atoms with Crippen LogP contribution in [0.1, 0.15) is 11.1 Å². The van der Waals surface area contributed by atoms with Gasteiger partial charge in [0.2, 0.25) is 0 Å². The number of methoxy groups -OCH3 is 1. The third kappa shape index (κ3) is 3.49. The van der Waals surface area contributed by atoms with E-state index in [1.165, 1.54) is 12.1 Å². The minimum Gasteiger partial charge on any atom is -0.497 e. The highest BCUT2D eigenvalue weighted by molar-refractivity contribution is 9.10. The van der Waals surface area contributed by atoms with Gasteiger partial charge in [-0.2, -0.15) is 0 Å². The number of rotatable bonds is 5. The largest absolute Gasteiger partial charge is 0.497 e. The van der Waals surface area contributed by atoms with E-state index in [0.29, 0.717) is 12.3 Å². The van der Waals surface area contributed by atoms with Gasteiger partial charge in [0, 0.05) is 6.54 Å². The Morgan fingerprint density at radius 2 is 1.95 bits per heavy atom. The van der Waals surface area contributed by atoms with Crippen LogP contribution in [0.2, 0.25) is 0 Å². The molecular formula is C15H15BrFNO2. The van der Waals surface area contributed by atoms with Crippen molar-refractivity contribution in [3.05, 3.63) is 57.8 Å². The maximum absolute atomic E-state index is 13.3. The van der Waals surface area contributed by atoms with Gasteiger partial charge < -0.3 is 15.2 Å². The molecule has 0 saturated heterocycles. The van der Waals surface area contributed by atoms with Crippen molar-refractivity contribution in [3.8, 4) is 11.5 Å². The number of nitrogens with two attached hydrogens (primary N) is 1. The third-order valence-electron chi connectivity index (χ3n) is 2.91. The monoisotopic (exact) mass is 339 g/mol. The number of halogens is 2. The maximum atomic E-state index is 13.3. The fraction of sp³-hybridized carbons (Fsp3) is 0.200. The molecule has 3 nitrogen and oxygen atoms in total. The van der Waals surface area contributed by atoms with E-state index >= 15 is 0 Å². The quantitative estimate of drug-likeness (QED) is 0.904. The smallest absolute Gasteiger partial charge is 0.134 e. The van der Waals surface area contributed by atoms with Crippen LogP contribution in [0.3, 0.4) is 0 Å². The molecule has 0 aromatic heterocycles. The highest BCUT2D eigenvalue weighted by Gasteiger charge is 2.07. The van der Waals surface area contributed by atoms with Crippen LogP contribution in [0.4, 0.5) is 4.39 Å². The van der Waals surface area contributed by atoms with Crippen molar-refractivity contribution in [2.24, 2.45) is 5.73 Å². The zero-order chi connectivity index (χ0) is 14.5. The van der Waals surface area contributed by atoms with Crippen LogP contribution in [-0.4, -0.2) is 7.11 Å². The zero-order valence-electron chi connectivity index (χ0n) is 11.0. The Morgan fingerprint density at radius 3 is 2.60 bits per heavy atom. The van der Waals surface area contributed by atoms with Crippen LogP contribution >= 0.6 is 15.9 Å². The fourth-order valence-corrected chi connectivity index (χ4v) is 2.28. The predicted octanol–water partition coefficient (Wildman–Crippen LogP) is 3.63. The van der Waals surface area contributed by atoms with Crippen molar-refractivity contribution in [2.45, 2.75) is 13.2 Å². The van der Waals surface area contributed by atoms with E-state index in [1.807, 2.05) is 6.07 Å². The highest BCUT2D eigenvalue weighted by Crippen LogP contribution is 2.30. The zero-order valence-corrected chi connectivity index (χ0v) is 12.6. The summed E-state index contributed by atoms with van der Waals surface area (Å²) in [4.78, 5) is 0. The molecule has 5 heteroatoms. The van der Waals surface area contributed by atoms with Gasteiger partial charge in [0.15, 0.2) is 0 Å². The molecule has 0 unspecified atom stereocenters. The minimum absolute atomic E-state index is 0.259. The second-order valence-electron chi connectivity index (χ2n) is 4.20. The summed E-state index contributed by atoms with van der Waals surface area (Å²) in [5.41, 5.74) is 7.25. The lowest BCUT2D eigenvalue weighted by Crippen LogP contribution is -2.05. The van der Waals surface area contributed by atoms with E-state index in [9.17, 15) is 4.39 Å². The summed E-state index contributed by atoms with van der Waals surface area (Å²) in [6.45, 7) is 0.609. The van der Waals surface area contributed by atoms with Gasteiger partial charge in [0.25, 0.3) is 0 Å². The second-order valence-corrected chi connectivity index (χ2v) is 5.06. The Labute approximate surface area is 125 Å². The Kier molecular flexibility index (Phi) is 4.98. The van der Waals surface area contributed by atoms with Gasteiger partial charge in [-0.1, -0.05) is 6.07 Å². The van der Waals surface area contributed by atoms with Crippen molar-refractivity contribution in [2.75, 3.05) is 7.11 Å². The molecule has 0 radical (unpaired) electrons. The minimum atomic E-state index is -0.297. The molecule has 0 amide bonds. The summed E-state index contributed by atoms with van der Waals surface area (Å²) in [7, 11) is 1.60. The topological polar surface area (TPSA) is 44.5 Å². The summed E-state index contributed by atoms with van der Waals surface area (Å²) in [5, 5.41) is 0. The SMILES string of the molecule is COc1ccc(OCc2cc(F)ccc2CN)c(Br)c1. The number of hydrogen-bond donors (Lipinski definition) is 1. The molecular weight excluding hydrogens is 325 g/mol. The maximum Gasteiger partial charge on any atom is 0.134 e. The molecule has 2 rings (SSSR count). The predicted molar refractivity (Wildman–Crippen MR) is 79.3 cm³/mol. The lowest BCUT2D eigenvalue weighted by molar-refractivity contribution is 0.301. The summed E-state index contributed by atoms with van der Waals surface area (Å²) in [5.74, 6) is 1.10. The van der Waals surface area contributed by atoms with Crippen LogP contribution in [0, 0.1) is 5.82 Å². The van der Waals surface area contributed by atoms with E-state index in [4.69, 9.17) is 15.2 Å². The van der Waals surface area contributed by atoms with Crippen LogP contribution in [-0.2, 0) is 13.2 Å². The van der Waals surface area contributed by atoms with Crippen molar-refractivity contribution in [3.63, 3.8) is 0 Å². The molecule has 0 aliphatic carbocycles. The molecule has 2 N–H and O–H groups in total. The molecule has 20 heavy (non-hydrogen) atoms. The number of hydrogen-bond acceptors (Lipinski definition) is 3. The van der Waals surface area contributed by atoms with E-state index < -0.39 is 0 Å². The molecule has 0 aliphatic heterocycles. The Bertz CT molecular complexity index is 604. The molecule has 0 aliphatic rings. The molecule has 0 atom stereocenters. The van der Waals surface area contributed by atoms with Gasteiger partial charge in [0.05, 0.1) is 11.6 Å². The van der Waals surface area contributed by atoms with Crippen LogP contribution in [0.5, 0.6) is 11.5 Å². The lowest BCUT2D eigenvalue weighted by Gasteiger charge is -2.12. The summed E-state index contributed by atoms with van der Waals surface area (Å²) in [6, 6.07) is 9.93. The molecule has 2 aromatic carbocycles. The first-order valence-electron chi connectivity index (χ1n) is 6.07. The Balaban J connectivity index is 2.14. The molecule has 0 fully saturated rings. The standard InChI is InChI=1S/C15H15BrFNO2/c1-19-13-4-5-15(14(16)7-13)20-9-11-6-12(17)3-2-10(11)8-18/h2-7H,8-9,18H2,1H3. The summed E-state index contributed by atoms with van der Waals surface area (Å²) < 4.78 is 24.9. The van der Waals surface area contributed by atoms with Gasteiger partial charge >= 0.3 is 0 Å². The van der Waals surface area contributed by atoms with E-state index in [0.717, 1.165) is 21.3 Å². The normalized spacial score (nSPS) is 10.4. The molecule has 0 heterocycles. The van der Waals surface area contributed by atoms with Gasteiger partial charge in [0.1, 0.15) is 23.9 Å².